The number of aromatic nitrogens is 6. The molecule has 1 aliphatic heterocycles. The van der Waals surface area contributed by atoms with Crippen molar-refractivity contribution in [1.82, 2.24) is 29.7 Å². The van der Waals surface area contributed by atoms with Crippen LogP contribution in [-0.4, -0.2) is 55.9 Å². The van der Waals surface area contributed by atoms with Crippen molar-refractivity contribution in [3.63, 3.8) is 0 Å². The summed E-state index contributed by atoms with van der Waals surface area (Å²) in [6.45, 7) is 1.52. The lowest BCUT2D eigenvalue weighted by Gasteiger charge is -2.32. The van der Waals surface area contributed by atoms with E-state index in [0.717, 1.165) is 53.8 Å². The van der Waals surface area contributed by atoms with E-state index in [0.29, 0.717) is 5.82 Å². The molecule has 5 rings (SSSR count). The normalized spacial score (nSPS) is 14.6. The molecule has 4 heterocycles. The van der Waals surface area contributed by atoms with Crippen LogP contribution in [-0.2, 0) is 11.8 Å². The zero-order valence-corrected chi connectivity index (χ0v) is 19.0. The summed E-state index contributed by atoms with van der Waals surface area (Å²) in [4.78, 5) is 31.8. The number of hydrogen-bond acceptors (Lipinski definition) is 8. The molecule has 0 unspecified atom stereocenters. The minimum atomic E-state index is -0.535. The molecule has 0 N–H and O–H groups in total. The lowest BCUT2D eigenvalue weighted by Crippen LogP contribution is -2.34. The largest absolute Gasteiger partial charge is 0.464 e. The van der Waals surface area contributed by atoms with Crippen LogP contribution in [0.4, 0.5) is 5.82 Å². The first-order valence-electron chi connectivity index (χ1n) is 10.6. The molecule has 1 aliphatic rings. The molecule has 0 saturated carbocycles. The summed E-state index contributed by atoms with van der Waals surface area (Å²) in [7, 11) is 3.22. The number of aryl methyl sites for hydroxylation is 1. The van der Waals surface area contributed by atoms with Crippen LogP contribution in [0.3, 0.4) is 0 Å². The quantitative estimate of drug-likeness (QED) is 0.334. The van der Waals surface area contributed by atoms with Crippen molar-refractivity contribution in [2.45, 2.75) is 18.8 Å². The van der Waals surface area contributed by atoms with Gasteiger partial charge in [0.1, 0.15) is 5.82 Å². The van der Waals surface area contributed by atoms with Crippen molar-refractivity contribution in [3.05, 3.63) is 59.5 Å². The third-order valence-corrected chi connectivity index (χ3v) is 6.09. The maximum atomic E-state index is 11.9. The van der Waals surface area contributed by atoms with E-state index in [2.05, 4.69) is 31.0 Å². The van der Waals surface area contributed by atoms with E-state index in [-0.39, 0.29) is 16.9 Å². The third kappa shape index (κ3) is 4.36. The summed E-state index contributed by atoms with van der Waals surface area (Å²) in [6.07, 6.45) is 7.48. The Labute approximate surface area is 195 Å². The zero-order valence-electron chi connectivity index (χ0n) is 18.3. The van der Waals surface area contributed by atoms with Crippen LogP contribution in [0.2, 0.25) is 5.28 Å². The molecular weight excluding hydrogens is 442 g/mol. The Bertz CT molecular complexity index is 1330. The van der Waals surface area contributed by atoms with E-state index < -0.39 is 5.97 Å². The number of rotatable bonds is 4. The lowest BCUT2D eigenvalue weighted by molar-refractivity contribution is 0.0594. The molecule has 0 aliphatic carbocycles. The summed E-state index contributed by atoms with van der Waals surface area (Å²) in [6, 6.07) is 7.72. The highest BCUT2D eigenvalue weighted by Crippen LogP contribution is 2.30. The number of anilines is 1. The topological polar surface area (TPSA) is 98.9 Å². The molecule has 0 amide bonds. The number of hydrogen-bond donors (Lipinski definition) is 0. The fraction of sp³-hybridized carbons (Fsp3) is 0.304. The average molecular weight is 464 g/mol. The molecule has 4 aromatic rings. The van der Waals surface area contributed by atoms with Gasteiger partial charge < -0.3 is 9.64 Å². The number of carbonyl (C=O) groups is 1. The SMILES string of the molecule is COC(=O)c1cc(N2CCC(c3cnc4ccc(-c5cnn(C)c5)cc4n3)CC2)nc(Cl)n1. The number of halogens is 1. The summed E-state index contributed by atoms with van der Waals surface area (Å²) in [5, 5.41) is 4.28. The van der Waals surface area contributed by atoms with Gasteiger partial charge in [0, 0.05) is 50.1 Å². The molecule has 0 atom stereocenters. The first-order chi connectivity index (χ1) is 16.0. The highest BCUT2D eigenvalue weighted by Gasteiger charge is 2.24. The highest BCUT2D eigenvalue weighted by atomic mass is 35.5. The Hall–Kier alpha value is -3.59. The second kappa shape index (κ2) is 8.74. The fourth-order valence-corrected chi connectivity index (χ4v) is 4.33. The van der Waals surface area contributed by atoms with E-state index in [1.165, 1.54) is 7.11 Å². The van der Waals surface area contributed by atoms with E-state index in [1.54, 1.807) is 10.7 Å². The molecule has 0 spiro atoms. The van der Waals surface area contributed by atoms with Gasteiger partial charge in [-0.25, -0.2) is 19.7 Å². The van der Waals surface area contributed by atoms with Gasteiger partial charge in [0.15, 0.2) is 5.69 Å². The predicted molar refractivity (Wildman–Crippen MR) is 124 cm³/mol. The van der Waals surface area contributed by atoms with Gasteiger partial charge in [-0.2, -0.15) is 5.10 Å². The minimum absolute atomic E-state index is 0.0276. The van der Waals surface area contributed by atoms with Gasteiger partial charge >= 0.3 is 5.97 Å². The Morgan fingerprint density at radius 2 is 1.88 bits per heavy atom. The molecule has 33 heavy (non-hydrogen) atoms. The van der Waals surface area contributed by atoms with Crippen molar-refractivity contribution in [3.8, 4) is 11.1 Å². The second-order valence-corrected chi connectivity index (χ2v) is 8.37. The molecule has 1 aromatic carbocycles. The van der Waals surface area contributed by atoms with Gasteiger partial charge in [-0.05, 0) is 42.1 Å². The smallest absolute Gasteiger partial charge is 0.356 e. The van der Waals surface area contributed by atoms with Gasteiger partial charge in [0.25, 0.3) is 0 Å². The standard InChI is InChI=1S/C23H22ClN7O2/c1-30-13-16(11-26-30)15-3-4-17-18(9-15)27-20(12-25-17)14-5-7-31(8-6-14)21-10-19(22(32)33-2)28-23(24)29-21/h3-4,9-14H,5-8H2,1-2H3. The number of carbonyl (C=O) groups excluding carboxylic acids is 1. The molecule has 10 heteroatoms. The number of ether oxygens (including phenoxy) is 1. The molecule has 3 aromatic heterocycles. The molecule has 9 nitrogen and oxygen atoms in total. The summed E-state index contributed by atoms with van der Waals surface area (Å²) < 4.78 is 6.54. The van der Waals surface area contributed by atoms with E-state index in [9.17, 15) is 4.79 Å². The fourth-order valence-electron chi connectivity index (χ4n) is 4.15. The van der Waals surface area contributed by atoms with Crippen molar-refractivity contribution in [2.24, 2.45) is 7.05 Å². The van der Waals surface area contributed by atoms with Gasteiger partial charge in [-0.15, -0.1) is 0 Å². The van der Waals surface area contributed by atoms with E-state index >= 15 is 0 Å². The molecular formula is C23H22ClN7O2. The molecule has 1 fully saturated rings. The average Bonchev–Trinajstić information content (AvgIpc) is 3.28. The Morgan fingerprint density at radius 3 is 2.61 bits per heavy atom. The summed E-state index contributed by atoms with van der Waals surface area (Å²) in [5.41, 5.74) is 5.01. The van der Waals surface area contributed by atoms with Crippen LogP contribution >= 0.6 is 11.6 Å². The lowest BCUT2D eigenvalue weighted by atomic mass is 9.93. The first-order valence-corrected chi connectivity index (χ1v) is 11.0. The first kappa shape index (κ1) is 21.3. The Kier molecular flexibility index (Phi) is 5.63. The number of esters is 1. The van der Waals surface area contributed by atoms with Gasteiger partial charge in [0.2, 0.25) is 5.28 Å². The number of methoxy groups -OCH3 is 1. The second-order valence-electron chi connectivity index (χ2n) is 8.03. The third-order valence-electron chi connectivity index (χ3n) is 5.92. The molecule has 168 valence electrons. The number of nitrogens with zero attached hydrogens (tertiary/aromatic N) is 7. The maximum Gasteiger partial charge on any atom is 0.356 e. The Balaban J connectivity index is 1.34. The molecule has 0 bridgehead atoms. The zero-order chi connectivity index (χ0) is 22.9. The van der Waals surface area contributed by atoms with Crippen molar-refractivity contribution in [1.29, 1.82) is 0 Å². The van der Waals surface area contributed by atoms with Crippen molar-refractivity contribution >= 4 is 34.4 Å². The van der Waals surface area contributed by atoms with Gasteiger partial charge in [-0.1, -0.05) is 6.07 Å². The number of fused-ring (bicyclic) bond motifs is 1. The number of benzene rings is 1. The van der Waals surface area contributed by atoms with Crippen LogP contribution < -0.4 is 4.90 Å². The monoisotopic (exact) mass is 463 g/mol. The van der Waals surface area contributed by atoms with Crippen LogP contribution in [0.15, 0.2) is 42.9 Å². The molecule has 0 radical (unpaired) electrons. The summed E-state index contributed by atoms with van der Waals surface area (Å²) >= 11 is 6.03. The summed E-state index contributed by atoms with van der Waals surface area (Å²) in [5.74, 6) is 0.379. The van der Waals surface area contributed by atoms with Crippen LogP contribution in [0.1, 0.15) is 34.9 Å². The maximum absolute atomic E-state index is 11.9. The van der Waals surface area contributed by atoms with Gasteiger partial charge in [0.05, 0.1) is 30.0 Å². The van der Waals surface area contributed by atoms with Crippen LogP contribution in [0.25, 0.3) is 22.2 Å². The molecule has 1 saturated heterocycles. The van der Waals surface area contributed by atoms with Gasteiger partial charge in [-0.3, -0.25) is 9.67 Å². The van der Waals surface area contributed by atoms with Crippen molar-refractivity contribution in [2.75, 3.05) is 25.1 Å². The Morgan fingerprint density at radius 1 is 1.06 bits per heavy atom. The predicted octanol–water partition coefficient (Wildman–Crippen LogP) is 3.64. The van der Waals surface area contributed by atoms with Crippen LogP contribution in [0.5, 0.6) is 0 Å². The van der Waals surface area contributed by atoms with Crippen LogP contribution in [0, 0.1) is 0 Å². The number of piperidine rings is 1. The van der Waals surface area contributed by atoms with Crippen molar-refractivity contribution < 1.29 is 9.53 Å². The van der Waals surface area contributed by atoms with E-state index in [1.807, 2.05) is 37.8 Å². The minimum Gasteiger partial charge on any atom is -0.464 e. The highest BCUT2D eigenvalue weighted by molar-refractivity contribution is 6.28. The van der Waals surface area contributed by atoms with E-state index in [4.69, 9.17) is 21.3 Å².